The van der Waals surface area contributed by atoms with E-state index < -0.39 is 0 Å². The Balaban J connectivity index is 0.00000140. The van der Waals surface area contributed by atoms with Gasteiger partial charge in [-0.25, -0.2) is 0 Å². The summed E-state index contributed by atoms with van der Waals surface area (Å²) in [5.41, 5.74) is 2.34. The van der Waals surface area contributed by atoms with Gasteiger partial charge in [0.05, 0.1) is 11.4 Å². The van der Waals surface area contributed by atoms with E-state index in [0.29, 0.717) is 24.2 Å². The molecule has 4 atom stereocenters. The Kier molecular flexibility index (Phi) is 12.6. The SMILES string of the molecule is [CH3-].[CH3-].[Mn].c1cc2nc(c1)CN[C@H]1CCCCC1NCCNC1CCCC[C@@H]1NC2. The van der Waals surface area contributed by atoms with E-state index in [1.54, 1.807) is 0 Å². The molecule has 5 nitrogen and oxygen atoms in total. The summed E-state index contributed by atoms with van der Waals surface area (Å²) in [6, 6.07) is 8.81. The van der Waals surface area contributed by atoms with Crippen LogP contribution in [0.4, 0.5) is 0 Å². The fraction of sp³-hybridized carbons (Fsp3) is 0.696. The maximum Gasteiger partial charge on any atom is 0.0545 e. The molecule has 4 rings (SSSR count). The van der Waals surface area contributed by atoms with Crippen molar-refractivity contribution < 1.29 is 17.1 Å². The third-order valence-corrected chi connectivity index (χ3v) is 6.43. The second-order valence-electron chi connectivity index (χ2n) is 8.29. The van der Waals surface area contributed by atoms with Gasteiger partial charge < -0.3 is 36.1 Å². The molecule has 167 valence electrons. The van der Waals surface area contributed by atoms with Crippen LogP contribution in [0.1, 0.15) is 62.8 Å². The smallest absolute Gasteiger partial charge is 0.0545 e. The molecule has 2 bridgehead atoms. The number of fused-ring (bicyclic) bond motifs is 4. The van der Waals surface area contributed by atoms with Crippen molar-refractivity contribution in [3.8, 4) is 0 Å². The summed E-state index contributed by atoms with van der Waals surface area (Å²) in [5.74, 6) is 0. The molecule has 0 saturated heterocycles. The van der Waals surface area contributed by atoms with Gasteiger partial charge in [0.15, 0.2) is 0 Å². The quantitative estimate of drug-likeness (QED) is 0.368. The monoisotopic (exact) mass is 442 g/mol. The predicted octanol–water partition coefficient (Wildman–Crippen LogP) is 2.97. The molecule has 0 amide bonds. The second-order valence-corrected chi connectivity index (χ2v) is 8.29. The summed E-state index contributed by atoms with van der Waals surface area (Å²) in [5, 5.41) is 15.2. The fourth-order valence-corrected chi connectivity index (χ4v) is 4.95. The van der Waals surface area contributed by atoms with E-state index in [4.69, 9.17) is 4.98 Å². The van der Waals surface area contributed by atoms with Gasteiger partial charge in [0.1, 0.15) is 0 Å². The van der Waals surface area contributed by atoms with Gasteiger partial charge >= 0.3 is 0 Å². The zero-order valence-corrected chi connectivity index (χ0v) is 19.5. The van der Waals surface area contributed by atoms with Crippen molar-refractivity contribution in [2.75, 3.05) is 13.1 Å². The van der Waals surface area contributed by atoms with Gasteiger partial charge in [-0.3, -0.25) is 4.98 Å². The van der Waals surface area contributed by atoms with Crippen LogP contribution in [-0.2, 0) is 30.2 Å². The van der Waals surface area contributed by atoms with Crippen molar-refractivity contribution in [2.45, 2.75) is 88.6 Å². The Hall–Kier alpha value is -0.491. The summed E-state index contributed by atoms with van der Waals surface area (Å²) in [6.45, 7) is 3.89. The molecule has 6 heteroatoms. The number of hydrogen-bond donors (Lipinski definition) is 4. The van der Waals surface area contributed by atoms with Crippen LogP contribution < -0.4 is 21.3 Å². The molecule has 0 aromatic carbocycles. The Morgan fingerprint density at radius 1 is 0.621 bits per heavy atom. The molecule has 2 saturated carbocycles. The van der Waals surface area contributed by atoms with E-state index in [0.717, 1.165) is 26.2 Å². The first-order valence-corrected chi connectivity index (χ1v) is 10.8. The van der Waals surface area contributed by atoms with Gasteiger partial charge in [0.25, 0.3) is 0 Å². The van der Waals surface area contributed by atoms with Crippen LogP contribution >= 0.6 is 0 Å². The van der Waals surface area contributed by atoms with Gasteiger partial charge in [-0.2, -0.15) is 0 Å². The molecule has 1 aromatic heterocycles. The van der Waals surface area contributed by atoms with E-state index in [2.05, 4.69) is 39.5 Å². The molecule has 3 aliphatic rings. The average molecular weight is 443 g/mol. The van der Waals surface area contributed by atoms with Crippen LogP contribution in [-0.4, -0.2) is 42.2 Å². The van der Waals surface area contributed by atoms with E-state index in [9.17, 15) is 0 Å². The molecule has 2 aliphatic carbocycles. The van der Waals surface area contributed by atoms with Crippen molar-refractivity contribution in [1.29, 1.82) is 0 Å². The molecule has 29 heavy (non-hydrogen) atoms. The maximum absolute atomic E-state index is 4.89. The predicted molar refractivity (Wildman–Crippen MR) is 119 cm³/mol. The molecule has 0 spiro atoms. The number of hydrogen-bond acceptors (Lipinski definition) is 5. The number of aromatic nitrogens is 1. The largest absolute Gasteiger partial charge is 0.358 e. The second kappa shape index (κ2) is 13.7. The summed E-state index contributed by atoms with van der Waals surface area (Å²) >= 11 is 0. The van der Waals surface area contributed by atoms with Gasteiger partial charge in [-0.05, 0) is 37.8 Å². The standard InChI is InChI=1S/C21H35N5.2CH3.Mn/c1-3-10-20-18(8-1)22-12-13-23-19-9-2-4-11-21(19)25-15-17-7-5-6-16(26-17)14-24-20;;;/h5-7,18-25H,1-4,8-15H2;2*1H3;/q;2*-1;/t18?,19?,20-,21-;;;/m0.../s1. The zero-order valence-electron chi connectivity index (χ0n) is 18.4. The van der Waals surface area contributed by atoms with Crippen molar-refractivity contribution in [2.24, 2.45) is 0 Å². The Morgan fingerprint density at radius 3 is 1.41 bits per heavy atom. The molecule has 2 heterocycles. The zero-order chi connectivity index (χ0) is 17.6. The molecule has 2 unspecified atom stereocenters. The fourth-order valence-electron chi connectivity index (χ4n) is 4.95. The van der Waals surface area contributed by atoms with Crippen molar-refractivity contribution in [3.63, 3.8) is 0 Å². The Morgan fingerprint density at radius 2 is 1.00 bits per heavy atom. The molecular formula is C23H41MnN5-2. The first-order chi connectivity index (χ1) is 12.9. The Bertz CT molecular complexity index is 525. The third-order valence-electron chi connectivity index (χ3n) is 6.43. The molecule has 1 aromatic rings. The number of pyridine rings is 1. The average Bonchev–Trinajstić information content (AvgIpc) is 2.69. The molecule has 1 radical (unpaired) electrons. The van der Waals surface area contributed by atoms with E-state index in [1.807, 2.05) is 0 Å². The van der Waals surface area contributed by atoms with Gasteiger partial charge in [0.2, 0.25) is 0 Å². The molecule has 4 N–H and O–H groups in total. The van der Waals surface area contributed by atoms with E-state index in [-0.39, 0.29) is 31.9 Å². The van der Waals surface area contributed by atoms with Crippen molar-refractivity contribution >= 4 is 0 Å². The van der Waals surface area contributed by atoms with Crippen LogP contribution in [0.5, 0.6) is 0 Å². The summed E-state index contributed by atoms with van der Waals surface area (Å²) in [6.07, 6.45) is 10.5. The normalized spacial score (nSPS) is 30.5. The minimum absolute atomic E-state index is 0. The van der Waals surface area contributed by atoms with Crippen molar-refractivity contribution in [3.05, 3.63) is 44.4 Å². The first kappa shape index (κ1) is 26.5. The van der Waals surface area contributed by atoms with Crippen LogP contribution in [0.25, 0.3) is 0 Å². The van der Waals surface area contributed by atoms with Crippen LogP contribution in [0.15, 0.2) is 18.2 Å². The van der Waals surface area contributed by atoms with Crippen LogP contribution in [0.3, 0.4) is 0 Å². The van der Waals surface area contributed by atoms with Gasteiger partial charge in [-0.15, -0.1) is 0 Å². The van der Waals surface area contributed by atoms with Crippen molar-refractivity contribution in [1.82, 2.24) is 26.3 Å². The summed E-state index contributed by atoms with van der Waals surface area (Å²) < 4.78 is 0. The van der Waals surface area contributed by atoms with E-state index >= 15 is 0 Å². The molecular weight excluding hydrogens is 401 g/mol. The van der Waals surface area contributed by atoms with Crippen LogP contribution in [0.2, 0.25) is 0 Å². The summed E-state index contributed by atoms with van der Waals surface area (Å²) in [7, 11) is 0. The van der Waals surface area contributed by atoms with Crippen LogP contribution in [0, 0.1) is 14.9 Å². The number of rotatable bonds is 0. The topological polar surface area (TPSA) is 61.0 Å². The minimum atomic E-state index is 0. The van der Waals surface area contributed by atoms with Gasteiger partial charge in [0, 0.05) is 67.4 Å². The maximum atomic E-state index is 4.89. The third kappa shape index (κ3) is 7.61. The summed E-state index contributed by atoms with van der Waals surface area (Å²) in [4.78, 5) is 4.89. The molecule has 1 aliphatic heterocycles. The van der Waals surface area contributed by atoms with E-state index in [1.165, 1.54) is 62.8 Å². The minimum Gasteiger partial charge on any atom is -0.358 e. The first-order valence-electron chi connectivity index (χ1n) is 10.8. The molecule has 2 fully saturated rings. The number of nitrogens with zero attached hydrogens (tertiary/aromatic N) is 1. The Labute approximate surface area is 189 Å². The van der Waals surface area contributed by atoms with Gasteiger partial charge in [-0.1, -0.05) is 31.7 Å². The number of nitrogens with one attached hydrogen (secondary N) is 4.